The Bertz CT molecular complexity index is 283. The standard InChI is InChI=1S/C13H18.C2H6/c1-9(2)11-7-13(5-6-13)8-12(11)10(3)4;1-2/h1,3,5-8H2,2,4H3;1-2H3. The van der Waals surface area contributed by atoms with Gasteiger partial charge in [0.25, 0.3) is 0 Å². The summed E-state index contributed by atoms with van der Waals surface area (Å²) in [5.41, 5.74) is 6.17. The Kier molecular flexibility index (Phi) is 3.59. The van der Waals surface area contributed by atoms with Gasteiger partial charge < -0.3 is 0 Å². The highest BCUT2D eigenvalue weighted by molar-refractivity contribution is 5.47. The average Bonchev–Trinajstić information content (AvgIpc) is 2.79. The van der Waals surface area contributed by atoms with Gasteiger partial charge in [0.05, 0.1) is 0 Å². The second-order valence-corrected chi connectivity index (χ2v) is 4.87. The van der Waals surface area contributed by atoms with Crippen LogP contribution in [0, 0.1) is 5.41 Å². The summed E-state index contributed by atoms with van der Waals surface area (Å²) in [5.74, 6) is 0. The Morgan fingerprint density at radius 1 is 0.933 bits per heavy atom. The number of rotatable bonds is 2. The van der Waals surface area contributed by atoms with E-state index in [-0.39, 0.29) is 0 Å². The molecule has 0 bridgehead atoms. The SMILES string of the molecule is C=C(C)C1=C(C(=C)C)CC2(CC2)C1.CC. The van der Waals surface area contributed by atoms with Crippen LogP contribution in [-0.2, 0) is 0 Å². The summed E-state index contributed by atoms with van der Waals surface area (Å²) in [7, 11) is 0. The zero-order valence-corrected chi connectivity index (χ0v) is 10.7. The van der Waals surface area contributed by atoms with Crippen LogP contribution in [0.25, 0.3) is 0 Å². The third kappa shape index (κ3) is 2.42. The smallest absolute Gasteiger partial charge is 0.0214 e. The molecule has 0 saturated heterocycles. The first kappa shape index (κ1) is 12.3. The summed E-state index contributed by atoms with van der Waals surface area (Å²) in [4.78, 5) is 0. The molecule has 84 valence electrons. The summed E-state index contributed by atoms with van der Waals surface area (Å²) in [6.45, 7) is 16.4. The van der Waals surface area contributed by atoms with Crippen LogP contribution in [0.3, 0.4) is 0 Å². The molecule has 2 aliphatic carbocycles. The molecule has 1 fully saturated rings. The van der Waals surface area contributed by atoms with Gasteiger partial charge in [0.2, 0.25) is 0 Å². The van der Waals surface area contributed by atoms with Crippen LogP contribution < -0.4 is 0 Å². The fraction of sp³-hybridized carbons (Fsp3) is 0.600. The summed E-state index contributed by atoms with van der Waals surface area (Å²) in [6.07, 6.45) is 5.37. The minimum absolute atomic E-state index is 0.655. The second-order valence-electron chi connectivity index (χ2n) is 4.87. The van der Waals surface area contributed by atoms with E-state index in [0.29, 0.717) is 5.41 Å². The van der Waals surface area contributed by atoms with E-state index in [0.717, 1.165) is 0 Å². The predicted octanol–water partition coefficient (Wildman–Crippen LogP) is 5.04. The van der Waals surface area contributed by atoms with Crippen molar-refractivity contribution < 1.29 is 0 Å². The summed E-state index contributed by atoms with van der Waals surface area (Å²) in [6, 6.07) is 0. The van der Waals surface area contributed by atoms with Crippen LogP contribution in [-0.4, -0.2) is 0 Å². The first-order valence-electron chi connectivity index (χ1n) is 6.08. The lowest BCUT2D eigenvalue weighted by molar-refractivity contribution is 0.546. The van der Waals surface area contributed by atoms with Crippen LogP contribution in [0.1, 0.15) is 53.4 Å². The maximum absolute atomic E-state index is 4.06. The highest BCUT2D eigenvalue weighted by atomic mass is 14.5. The second kappa shape index (κ2) is 4.38. The van der Waals surface area contributed by atoms with Crippen molar-refractivity contribution in [2.75, 3.05) is 0 Å². The maximum Gasteiger partial charge on any atom is -0.0214 e. The number of hydrogen-bond donors (Lipinski definition) is 0. The normalized spacial score (nSPS) is 21.1. The van der Waals surface area contributed by atoms with Gasteiger partial charge >= 0.3 is 0 Å². The Balaban J connectivity index is 0.000000531. The van der Waals surface area contributed by atoms with Gasteiger partial charge in [-0.2, -0.15) is 0 Å². The van der Waals surface area contributed by atoms with Gasteiger partial charge in [0, 0.05) is 0 Å². The Labute approximate surface area is 94.8 Å². The van der Waals surface area contributed by atoms with E-state index in [9.17, 15) is 0 Å². The lowest BCUT2D eigenvalue weighted by Crippen LogP contribution is -1.92. The van der Waals surface area contributed by atoms with E-state index in [2.05, 4.69) is 27.0 Å². The molecule has 0 aromatic heterocycles. The first-order chi connectivity index (χ1) is 7.04. The zero-order chi connectivity index (χ0) is 11.6. The molecule has 1 saturated carbocycles. The minimum Gasteiger partial charge on any atom is -0.0958 e. The molecule has 0 N–H and O–H groups in total. The topological polar surface area (TPSA) is 0 Å². The summed E-state index contributed by atoms with van der Waals surface area (Å²) in [5, 5.41) is 0. The van der Waals surface area contributed by atoms with Crippen LogP contribution >= 0.6 is 0 Å². The average molecular weight is 204 g/mol. The third-order valence-electron chi connectivity index (χ3n) is 3.46. The van der Waals surface area contributed by atoms with Gasteiger partial charge in [-0.25, -0.2) is 0 Å². The molecule has 0 heteroatoms. The number of allylic oxidation sites excluding steroid dienone is 4. The molecule has 0 aromatic carbocycles. The summed E-state index contributed by atoms with van der Waals surface area (Å²) >= 11 is 0. The maximum atomic E-state index is 4.06. The lowest BCUT2D eigenvalue weighted by Gasteiger charge is -2.05. The molecule has 0 unspecified atom stereocenters. The van der Waals surface area contributed by atoms with E-state index in [1.54, 1.807) is 0 Å². The van der Waals surface area contributed by atoms with Crippen molar-refractivity contribution in [3.8, 4) is 0 Å². The van der Waals surface area contributed by atoms with Crippen molar-refractivity contribution in [3.05, 3.63) is 35.5 Å². The van der Waals surface area contributed by atoms with Gasteiger partial charge in [-0.05, 0) is 56.1 Å². The molecule has 0 aliphatic heterocycles. The molecule has 0 radical (unpaired) electrons. The minimum atomic E-state index is 0.655. The van der Waals surface area contributed by atoms with Gasteiger partial charge in [0.15, 0.2) is 0 Å². The van der Waals surface area contributed by atoms with E-state index in [1.807, 2.05) is 13.8 Å². The van der Waals surface area contributed by atoms with Crippen molar-refractivity contribution >= 4 is 0 Å². The highest BCUT2D eigenvalue weighted by Gasteiger charge is 2.47. The molecule has 0 heterocycles. The fourth-order valence-electron chi connectivity index (χ4n) is 2.37. The van der Waals surface area contributed by atoms with Crippen molar-refractivity contribution in [2.24, 2.45) is 5.41 Å². The van der Waals surface area contributed by atoms with Crippen molar-refractivity contribution in [1.29, 1.82) is 0 Å². The number of hydrogen-bond acceptors (Lipinski definition) is 0. The molecule has 0 amide bonds. The van der Waals surface area contributed by atoms with Gasteiger partial charge in [-0.3, -0.25) is 0 Å². The van der Waals surface area contributed by atoms with E-state index >= 15 is 0 Å². The van der Waals surface area contributed by atoms with Crippen LogP contribution in [0.5, 0.6) is 0 Å². The molecule has 0 atom stereocenters. The quantitative estimate of drug-likeness (QED) is 0.591. The molecule has 0 nitrogen and oxygen atoms in total. The van der Waals surface area contributed by atoms with Crippen molar-refractivity contribution in [3.63, 3.8) is 0 Å². The fourth-order valence-corrected chi connectivity index (χ4v) is 2.37. The van der Waals surface area contributed by atoms with Crippen molar-refractivity contribution in [2.45, 2.75) is 53.4 Å². The molecule has 1 spiro atoms. The molecule has 2 aliphatic rings. The van der Waals surface area contributed by atoms with E-state index in [4.69, 9.17) is 0 Å². The van der Waals surface area contributed by atoms with Crippen LogP contribution in [0.2, 0.25) is 0 Å². The molecular formula is C15H24. The van der Waals surface area contributed by atoms with E-state index in [1.165, 1.54) is 48.0 Å². The largest absolute Gasteiger partial charge is 0.0958 e. The molecule has 0 aromatic rings. The third-order valence-corrected chi connectivity index (χ3v) is 3.46. The highest BCUT2D eigenvalue weighted by Crippen LogP contribution is 2.61. The molecular weight excluding hydrogens is 180 g/mol. The van der Waals surface area contributed by atoms with Gasteiger partial charge in [-0.15, -0.1) is 0 Å². The predicted molar refractivity (Wildman–Crippen MR) is 68.9 cm³/mol. The Morgan fingerprint density at radius 3 is 1.47 bits per heavy atom. The van der Waals surface area contributed by atoms with Crippen LogP contribution in [0.15, 0.2) is 35.5 Å². The Hall–Kier alpha value is -0.780. The van der Waals surface area contributed by atoms with Crippen molar-refractivity contribution in [1.82, 2.24) is 0 Å². The zero-order valence-electron chi connectivity index (χ0n) is 10.7. The van der Waals surface area contributed by atoms with Gasteiger partial charge in [-0.1, -0.05) is 38.2 Å². The summed E-state index contributed by atoms with van der Waals surface area (Å²) < 4.78 is 0. The Morgan fingerprint density at radius 2 is 1.27 bits per heavy atom. The van der Waals surface area contributed by atoms with Gasteiger partial charge in [0.1, 0.15) is 0 Å². The molecule has 2 rings (SSSR count). The lowest BCUT2D eigenvalue weighted by atomic mass is 10.0. The molecule has 15 heavy (non-hydrogen) atoms. The monoisotopic (exact) mass is 204 g/mol. The first-order valence-corrected chi connectivity index (χ1v) is 6.08. The van der Waals surface area contributed by atoms with E-state index < -0.39 is 0 Å². The van der Waals surface area contributed by atoms with Crippen LogP contribution in [0.4, 0.5) is 0 Å².